The first-order valence-electron chi connectivity index (χ1n) is 11.0. The Balaban J connectivity index is 1.63. The Morgan fingerprint density at radius 1 is 1.03 bits per heavy atom. The van der Waals surface area contributed by atoms with Crippen LogP contribution < -0.4 is 0 Å². The van der Waals surface area contributed by atoms with Gasteiger partial charge in [0.15, 0.2) is 0 Å². The summed E-state index contributed by atoms with van der Waals surface area (Å²) < 4.78 is 10.9. The fourth-order valence-corrected chi connectivity index (χ4v) is 7.24. The first-order chi connectivity index (χ1) is 13.6. The third kappa shape index (κ3) is 3.23. The minimum absolute atomic E-state index is 0.0215. The standard InChI is InChI=1S/C23H34O6/c1-12(24)28-15-5-7-22(3)14(9-15)10-18(26)20-16(22)6-8-23(4)17(20)11-19(21(23)27)29-13(2)25/h10,15-21,26-27H,5-9,11H2,1-4H3. The van der Waals surface area contributed by atoms with Gasteiger partial charge in [-0.05, 0) is 55.3 Å². The minimum atomic E-state index is -0.692. The second-order valence-corrected chi connectivity index (χ2v) is 10.2. The van der Waals surface area contributed by atoms with Gasteiger partial charge in [0.05, 0.1) is 12.2 Å². The summed E-state index contributed by atoms with van der Waals surface area (Å²) in [5.41, 5.74) is 0.841. The first kappa shape index (κ1) is 20.9. The van der Waals surface area contributed by atoms with Gasteiger partial charge in [-0.15, -0.1) is 0 Å². The largest absolute Gasteiger partial charge is 0.462 e. The van der Waals surface area contributed by atoms with E-state index in [0.717, 1.165) is 25.7 Å². The molecular formula is C23H34O6. The molecule has 0 aromatic heterocycles. The molecule has 4 aliphatic carbocycles. The zero-order valence-corrected chi connectivity index (χ0v) is 17.9. The van der Waals surface area contributed by atoms with E-state index in [1.54, 1.807) is 0 Å². The molecule has 9 unspecified atom stereocenters. The Labute approximate surface area is 172 Å². The molecule has 0 radical (unpaired) electrons. The number of hydrogen-bond acceptors (Lipinski definition) is 6. The molecule has 162 valence electrons. The van der Waals surface area contributed by atoms with Crippen molar-refractivity contribution in [2.75, 3.05) is 0 Å². The minimum Gasteiger partial charge on any atom is -0.462 e. The van der Waals surface area contributed by atoms with Crippen LogP contribution in [0, 0.1) is 28.6 Å². The lowest BCUT2D eigenvalue weighted by Crippen LogP contribution is -2.55. The van der Waals surface area contributed by atoms with Gasteiger partial charge < -0.3 is 19.7 Å². The molecule has 0 saturated heterocycles. The molecule has 0 heterocycles. The van der Waals surface area contributed by atoms with Crippen LogP contribution in [0.2, 0.25) is 0 Å². The van der Waals surface area contributed by atoms with Gasteiger partial charge in [0.1, 0.15) is 12.2 Å². The van der Waals surface area contributed by atoms with E-state index in [0.29, 0.717) is 18.8 Å². The molecule has 4 aliphatic rings. The number of rotatable bonds is 2. The van der Waals surface area contributed by atoms with Crippen molar-refractivity contribution < 1.29 is 29.3 Å². The van der Waals surface area contributed by atoms with Crippen molar-refractivity contribution >= 4 is 11.9 Å². The molecule has 4 rings (SSSR count). The van der Waals surface area contributed by atoms with Gasteiger partial charge in [-0.3, -0.25) is 9.59 Å². The fourth-order valence-electron chi connectivity index (χ4n) is 7.24. The van der Waals surface area contributed by atoms with Crippen LogP contribution in [-0.2, 0) is 19.1 Å². The number of aliphatic hydroxyl groups is 2. The third-order valence-electron chi connectivity index (χ3n) is 8.69. The highest BCUT2D eigenvalue weighted by Crippen LogP contribution is 2.65. The second-order valence-electron chi connectivity index (χ2n) is 10.2. The van der Waals surface area contributed by atoms with Crippen LogP contribution in [0.15, 0.2) is 11.6 Å². The third-order valence-corrected chi connectivity index (χ3v) is 8.69. The summed E-state index contributed by atoms with van der Waals surface area (Å²) in [5.74, 6) is -0.148. The molecule has 3 saturated carbocycles. The summed E-state index contributed by atoms with van der Waals surface area (Å²) in [6.45, 7) is 7.21. The average Bonchev–Trinajstić information content (AvgIpc) is 2.87. The lowest BCUT2D eigenvalue weighted by Gasteiger charge is -2.58. The van der Waals surface area contributed by atoms with E-state index in [9.17, 15) is 19.8 Å². The smallest absolute Gasteiger partial charge is 0.302 e. The molecule has 9 atom stereocenters. The van der Waals surface area contributed by atoms with Crippen molar-refractivity contribution in [3.05, 3.63) is 11.6 Å². The average molecular weight is 407 g/mol. The molecule has 0 amide bonds. The predicted molar refractivity (Wildman–Crippen MR) is 106 cm³/mol. The quantitative estimate of drug-likeness (QED) is 0.541. The molecule has 3 fully saturated rings. The summed E-state index contributed by atoms with van der Waals surface area (Å²) in [6, 6.07) is 0. The predicted octanol–water partition coefficient (Wildman–Crippen LogP) is 2.75. The van der Waals surface area contributed by atoms with E-state index >= 15 is 0 Å². The van der Waals surface area contributed by atoms with Crippen molar-refractivity contribution in [3.8, 4) is 0 Å². The highest BCUT2D eigenvalue weighted by Gasteiger charge is 2.63. The van der Waals surface area contributed by atoms with E-state index in [4.69, 9.17) is 9.47 Å². The monoisotopic (exact) mass is 406 g/mol. The summed E-state index contributed by atoms with van der Waals surface area (Å²) >= 11 is 0. The molecule has 0 spiro atoms. The lowest BCUT2D eigenvalue weighted by atomic mass is 9.47. The number of esters is 2. The molecule has 6 heteroatoms. The normalized spacial score (nSPS) is 48.6. The van der Waals surface area contributed by atoms with Gasteiger partial charge in [-0.2, -0.15) is 0 Å². The van der Waals surface area contributed by atoms with Crippen molar-refractivity contribution in [2.24, 2.45) is 28.6 Å². The van der Waals surface area contributed by atoms with Gasteiger partial charge in [-0.1, -0.05) is 25.5 Å². The van der Waals surface area contributed by atoms with E-state index in [-0.39, 0.29) is 40.7 Å². The number of carbonyl (C=O) groups excluding carboxylic acids is 2. The summed E-state index contributed by atoms with van der Waals surface area (Å²) in [4.78, 5) is 22.9. The number of hydrogen-bond donors (Lipinski definition) is 2. The molecule has 0 bridgehead atoms. The van der Waals surface area contributed by atoms with Crippen LogP contribution in [0.5, 0.6) is 0 Å². The van der Waals surface area contributed by atoms with Gasteiger partial charge in [0, 0.05) is 25.7 Å². The van der Waals surface area contributed by atoms with E-state index in [2.05, 4.69) is 13.8 Å². The van der Waals surface area contributed by atoms with Crippen LogP contribution in [0.3, 0.4) is 0 Å². The van der Waals surface area contributed by atoms with Crippen LogP contribution >= 0.6 is 0 Å². The van der Waals surface area contributed by atoms with E-state index in [1.165, 1.54) is 19.4 Å². The van der Waals surface area contributed by atoms with E-state index < -0.39 is 18.3 Å². The van der Waals surface area contributed by atoms with Gasteiger partial charge >= 0.3 is 11.9 Å². The number of fused-ring (bicyclic) bond motifs is 5. The maximum Gasteiger partial charge on any atom is 0.302 e. The first-order valence-corrected chi connectivity index (χ1v) is 11.0. The second kappa shape index (κ2) is 7.09. The molecule has 2 N–H and O–H groups in total. The highest BCUT2D eigenvalue weighted by molar-refractivity contribution is 5.66. The summed E-state index contributed by atoms with van der Waals surface area (Å²) in [6.07, 6.45) is 4.98. The molecule has 0 aliphatic heterocycles. The van der Waals surface area contributed by atoms with Crippen molar-refractivity contribution in [1.29, 1.82) is 0 Å². The number of ether oxygens (including phenoxy) is 2. The Kier molecular flexibility index (Phi) is 5.10. The zero-order chi connectivity index (χ0) is 21.1. The lowest BCUT2D eigenvalue weighted by molar-refractivity contribution is -0.155. The maximum absolute atomic E-state index is 11.5. The van der Waals surface area contributed by atoms with Gasteiger partial charge in [-0.25, -0.2) is 0 Å². The van der Waals surface area contributed by atoms with Crippen LogP contribution in [0.1, 0.15) is 66.2 Å². The van der Waals surface area contributed by atoms with Crippen LogP contribution in [-0.4, -0.2) is 46.6 Å². The zero-order valence-electron chi connectivity index (χ0n) is 17.9. The van der Waals surface area contributed by atoms with Crippen LogP contribution in [0.25, 0.3) is 0 Å². The molecule has 6 nitrogen and oxygen atoms in total. The van der Waals surface area contributed by atoms with Crippen LogP contribution in [0.4, 0.5) is 0 Å². The highest BCUT2D eigenvalue weighted by atomic mass is 16.6. The summed E-state index contributed by atoms with van der Waals surface area (Å²) in [5, 5.41) is 22.1. The molecular weight excluding hydrogens is 372 g/mol. The Hall–Kier alpha value is -1.40. The number of carbonyl (C=O) groups is 2. The van der Waals surface area contributed by atoms with Gasteiger partial charge in [0.25, 0.3) is 0 Å². The molecule has 29 heavy (non-hydrogen) atoms. The van der Waals surface area contributed by atoms with Crippen molar-refractivity contribution in [3.63, 3.8) is 0 Å². The topological polar surface area (TPSA) is 93.1 Å². The summed E-state index contributed by atoms with van der Waals surface area (Å²) in [7, 11) is 0. The molecule has 0 aromatic carbocycles. The van der Waals surface area contributed by atoms with Crippen molar-refractivity contribution in [1.82, 2.24) is 0 Å². The Morgan fingerprint density at radius 2 is 1.72 bits per heavy atom. The Morgan fingerprint density at radius 3 is 2.38 bits per heavy atom. The number of aliphatic hydroxyl groups excluding tert-OH is 2. The molecule has 0 aromatic rings. The van der Waals surface area contributed by atoms with Crippen molar-refractivity contribution in [2.45, 2.75) is 90.6 Å². The maximum atomic E-state index is 11.5. The fraction of sp³-hybridized carbons (Fsp3) is 0.826. The Bertz CT molecular complexity index is 731. The SMILES string of the molecule is CC(=O)OC1CCC2(C)C(=CC(O)C3C2CCC2(C)C(O)C(OC(C)=O)CC32)C1. The van der Waals surface area contributed by atoms with Gasteiger partial charge in [0.2, 0.25) is 0 Å². The van der Waals surface area contributed by atoms with E-state index in [1.807, 2.05) is 6.08 Å².